The monoisotopic (exact) mass is 364 g/mol. The average Bonchev–Trinajstić information content (AvgIpc) is 3.03. The number of hydrogen-bond acceptors (Lipinski definition) is 4. The zero-order valence-corrected chi connectivity index (χ0v) is 15.3. The van der Waals surface area contributed by atoms with Crippen LogP contribution in [-0.4, -0.2) is 20.7 Å². The lowest BCUT2D eigenvalue weighted by molar-refractivity contribution is -0.117. The van der Waals surface area contributed by atoms with Gasteiger partial charge < -0.3 is 5.73 Å². The Morgan fingerprint density at radius 2 is 2.00 bits per heavy atom. The molecule has 0 saturated carbocycles. The molecule has 0 radical (unpaired) electrons. The van der Waals surface area contributed by atoms with Crippen molar-refractivity contribution in [1.29, 1.82) is 0 Å². The molecule has 0 spiro atoms. The van der Waals surface area contributed by atoms with Gasteiger partial charge in [0.2, 0.25) is 5.91 Å². The van der Waals surface area contributed by atoms with Crippen molar-refractivity contribution in [2.45, 2.75) is 23.9 Å². The second kappa shape index (κ2) is 8.01. The van der Waals surface area contributed by atoms with Gasteiger partial charge in [0.1, 0.15) is 5.25 Å². The molecule has 26 heavy (non-hydrogen) atoms. The minimum absolute atomic E-state index is 0.411. The van der Waals surface area contributed by atoms with E-state index in [1.54, 1.807) is 6.08 Å². The fourth-order valence-electron chi connectivity index (χ4n) is 2.69. The number of hydrogen-bond donors (Lipinski definition) is 1. The van der Waals surface area contributed by atoms with E-state index < -0.39 is 11.2 Å². The van der Waals surface area contributed by atoms with Gasteiger partial charge in [0.05, 0.1) is 0 Å². The second-order valence-electron chi connectivity index (χ2n) is 5.89. The van der Waals surface area contributed by atoms with Crippen LogP contribution >= 0.6 is 11.8 Å². The fourth-order valence-corrected chi connectivity index (χ4v) is 3.69. The Morgan fingerprint density at radius 1 is 1.23 bits per heavy atom. The maximum absolute atomic E-state index is 12.0. The van der Waals surface area contributed by atoms with Crippen molar-refractivity contribution >= 4 is 17.7 Å². The van der Waals surface area contributed by atoms with Gasteiger partial charge in [-0.15, -0.1) is 16.8 Å². The molecule has 2 N–H and O–H groups in total. The van der Waals surface area contributed by atoms with E-state index >= 15 is 0 Å². The lowest BCUT2D eigenvalue weighted by Gasteiger charge is -2.14. The molecule has 0 saturated heterocycles. The predicted molar refractivity (Wildman–Crippen MR) is 105 cm³/mol. The van der Waals surface area contributed by atoms with E-state index in [4.69, 9.17) is 5.73 Å². The van der Waals surface area contributed by atoms with Gasteiger partial charge in [0.15, 0.2) is 11.0 Å². The molecular formula is C20H20N4OS. The van der Waals surface area contributed by atoms with E-state index in [0.717, 1.165) is 22.5 Å². The Balaban J connectivity index is 1.99. The van der Waals surface area contributed by atoms with E-state index in [1.165, 1.54) is 11.8 Å². The molecule has 0 fully saturated rings. The van der Waals surface area contributed by atoms with Crippen LogP contribution in [0.15, 0.2) is 72.4 Å². The number of allylic oxidation sites excluding steroid dienone is 1. The molecule has 3 rings (SSSR count). The zero-order valence-electron chi connectivity index (χ0n) is 14.5. The molecule has 1 unspecified atom stereocenters. The summed E-state index contributed by atoms with van der Waals surface area (Å²) < 4.78 is 1.95. The first-order valence-corrected chi connectivity index (χ1v) is 9.10. The van der Waals surface area contributed by atoms with Gasteiger partial charge in [-0.3, -0.25) is 9.36 Å². The highest BCUT2D eigenvalue weighted by Gasteiger charge is 2.23. The van der Waals surface area contributed by atoms with Crippen LogP contribution in [0.2, 0.25) is 0 Å². The molecule has 1 amide bonds. The third kappa shape index (κ3) is 3.86. The number of primary amides is 1. The Kier molecular flexibility index (Phi) is 5.53. The average molecular weight is 364 g/mol. The largest absolute Gasteiger partial charge is 0.368 e. The van der Waals surface area contributed by atoms with Crippen molar-refractivity contribution in [2.75, 3.05) is 0 Å². The molecule has 0 aliphatic heterocycles. The van der Waals surface area contributed by atoms with Gasteiger partial charge in [-0.05, 0) is 18.6 Å². The number of carbonyl (C=O) groups is 1. The van der Waals surface area contributed by atoms with E-state index in [1.807, 2.05) is 60.0 Å². The van der Waals surface area contributed by atoms with Crippen LogP contribution in [0.1, 0.15) is 16.4 Å². The number of thioether (sulfide) groups is 1. The molecule has 1 atom stereocenters. The van der Waals surface area contributed by atoms with Crippen LogP contribution in [0.25, 0.3) is 11.4 Å². The summed E-state index contributed by atoms with van der Waals surface area (Å²) in [6.45, 7) is 6.40. The van der Waals surface area contributed by atoms with Gasteiger partial charge in [-0.1, -0.05) is 71.9 Å². The summed E-state index contributed by atoms with van der Waals surface area (Å²) in [5.74, 6) is 0.332. The summed E-state index contributed by atoms with van der Waals surface area (Å²) >= 11 is 1.30. The van der Waals surface area contributed by atoms with E-state index in [9.17, 15) is 4.79 Å². The second-order valence-corrected chi connectivity index (χ2v) is 6.96. The van der Waals surface area contributed by atoms with Crippen molar-refractivity contribution in [3.63, 3.8) is 0 Å². The lowest BCUT2D eigenvalue weighted by atomic mass is 10.1. The standard InChI is InChI=1S/C20H20N4OS/c1-3-12-24-19(16-11-7-8-14(2)13-16)22-23-20(24)26-17(18(21)25)15-9-5-4-6-10-15/h3-11,13,17H,1,12H2,2H3,(H2,21,25). The summed E-state index contributed by atoms with van der Waals surface area (Å²) in [4.78, 5) is 12.0. The molecule has 5 nitrogen and oxygen atoms in total. The van der Waals surface area contributed by atoms with Crippen molar-refractivity contribution in [3.8, 4) is 11.4 Å². The first-order valence-electron chi connectivity index (χ1n) is 8.22. The molecule has 6 heteroatoms. The molecule has 1 aromatic heterocycles. The van der Waals surface area contributed by atoms with Crippen molar-refractivity contribution in [2.24, 2.45) is 5.73 Å². The quantitative estimate of drug-likeness (QED) is 0.512. The fraction of sp³-hybridized carbons (Fsp3) is 0.150. The number of nitrogens with zero attached hydrogens (tertiary/aromatic N) is 3. The topological polar surface area (TPSA) is 73.8 Å². The normalized spacial score (nSPS) is 11.9. The summed E-state index contributed by atoms with van der Waals surface area (Å²) in [6, 6.07) is 17.5. The smallest absolute Gasteiger partial charge is 0.235 e. The number of benzene rings is 2. The third-order valence-corrected chi connectivity index (χ3v) is 5.14. The summed E-state index contributed by atoms with van der Waals surface area (Å²) in [5, 5.41) is 8.75. The van der Waals surface area contributed by atoms with Gasteiger partial charge in [0, 0.05) is 12.1 Å². The predicted octanol–water partition coefficient (Wildman–Crippen LogP) is 3.76. The zero-order chi connectivity index (χ0) is 18.5. The summed E-state index contributed by atoms with van der Waals surface area (Å²) in [5.41, 5.74) is 8.60. The van der Waals surface area contributed by atoms with Crippen LogP contribution < -0.4 is 5.73 Å². The van der Waals surface area contributed by atoms with Crippen molar-refractivity contribution < 1.29 is 4.79 Å². The molecule has 132 valence electrons. The molecule has 0 aliphatic carbocycles. The number of carbonyl (C=O) groups excluding carboxylic acids is 1. The maximum atomic E-state index is 12.0. The maximum Gasteiger partial charge on any atom is 0.235 e. The molecule has 1 heterocycles. The number of amides is 1. The number of nitrogens with two attached hydrogens (primary N) is 1. The van der Waals surface area contributed by atoms with Crippen molar-refractivity contribution in [1.82, 2.24) is 14.8 Å². The van der Waals surface area contributed by atoms with Crippen molar-refractivity contribution in [3.05, 3.63) is 78.4 Å². The van der Waals surface area contributed by atoms with E-state index in [-0.39, 0.29) is 0 Å². The molecular weight excluding hydrogens is 344 g/mol. The van der Waals surface area contributed by atoms with E-state index in [2.05, 4.69) is 22.8 Å². The molecule has 0 bridgehead atoms. The highest BCUT2D eigenvalue weighted by Crippen LogP contribution is 2.35. The minimum Gasteiger partial charge on any atom is -0.368 e. The highest BCUT2D eigenvalue weighted by molar-refractivity contribution is 8.00. The number of rotatable bonds is 7. The summed E-state index contributed by atoms with van der Waals surface area (Å²) in [6.07, 6.45) is 1.79. The minimum atomic E-state index is -0.533. The molecule has 2 aromatic carbocycles. The summed E-state index contributed by atoms with van der Waals surface area (Å²) in [7, 11) is 0. The van der Waals surface area contributed by atoms with Crippen LogP contribution in [0, 0.1) is 6.92 Å². The Bertz CT molecular complexity index is 921. The number of aryl methyl sites for hydroxylation is 1. The van der Waals surface area contributed by atoms with Crippen LogP contribution in [-0.2, 0) is 11.3 Å². The molecule has 0 aliphatic rings. The first-order chi connectivity index (χ1) is 12.6. The number of aromatic nitrogens is 3. The van der Waals surface area contributed by atoms with Gasteiger partial charge in [-0.2, -0.15) is 0 Å². The van der Waals surface area contributed by atoms with E-state index in [0.29, 0.717) is 11.7 Å². The molecule has 3 aromatic rings. The third-order valence-electron chi connectivity index (χ3n) is 3.89. The van der Waals surface area contributed by atoms with Gasteiger partial charge in [0.25, 0.3) is 0 Å². The van der Waals surface area contributed by atoms with Crippen LogP contribution in [0.3, 0.4) is 0 Å². The van der Waals surface area contributed by atoms with Gasteiger partial charge >= 0.3 is 0 Å². The first kappa shape index (κ1) is 17.9. The van der Waals surface area contributed by atoms with Crippen LogP contribution in [0.4, 0.5) is 0 Å². The Morgan fingerprint density at radius 3 is 2.65 bits per heavy atom. The van der Waals surface area contributed by atoms with Gasteiger partial charge in [-0.25, -0.2) is 0 Å². The lowest BCUT2D eigenvalue weighted by Crippen LogP contribution is -2.19. The SMILES string of the molecule is C=CCn1c(SC(C(N)=O)c2ccccc2)nnc1-c1cccc(C)c1. The van der Waals surface area contributed by atoms with Crippen LogP contribution in [0.5, 0.6) is 0 Å². The highest BCUT2D eigenvalue weighted by atomic mass is 32.2. The Labute approximate surface area is 156 Å². The Hall–Kier alpha value is -2.86.